The summed E-state index contributed by atoms with van der Waals surface area (Å²) in [6.07, 6.45) is 5.20. The van der Waals surface area contributed by atoms with Gasteiger partial charge in [0.1, 0.15) is 6.17 Å². The first-order valence-electron chi connectivity index (χ1n) is 13.2. The first-order valence-corrected chi connectivity index (χ1v) is 13.2. The van der Waals surface area contributed by atoms with Gasteiger partial charge in [0, 0.05) is 6.42 Å². The van der Waals surface area contributed by atoms with Gasteiger partial charge in [0.25, 0.3) is 0 Å². The van der Waals surface area contributed by atoms with Crippen LogP contribution in [0, 0.1) is 52.3 Å². The van der Waals surface area contributed by atoms with Gasteiger partial charge in [0.2, 0.25) is 0 Å². The molecule has 0 aromatic heterocycles. The van der Waals surface area contributed by atoms with E-state index in [1.807, 2.05) is 0 Å². The molecule has 4 nitrogen and oxygen atoms in total. The molecule has 184 valence electrons. The largest absolute Gasteiger partial charge is 0.469 e. The van der Waals surface area contributed by atoms with Crippen molar-refractivity contribution in [2.75, 3.05) is 7.11 Å². The van der Waals surface area contributed by atoms with E-state index in [9.17, 15) is 19.4 Å². The summed E-state index contributed by atoms with van der Waals surface area (Å²) in [6.45, 7) is 9.14. The standard InChI is InChI=1S/C27H45FO4/c1-6-16-20-13-22(29)21(28)14-27(20,4)19-11-12-26(3)17(15(2)7-10-23(30)32-5)8-9-18(26)24(19)25(16)31/h15-22,24-25,29,31H,6-14H2,1-5H3/t15-,16-,17-,18+,19+,20+,21+,22+,24+,25-,26-,27-/m1/s1. The van der Waals surface area contributed by atoms with E-state index >= 15 is 0 Å². The number of ether oxygens (including phenoxy) is 1. The zero-order valence-electron chi connectivity index (χ0n) is 20.7. The third-order valence-electron chi connectivity index (χ3n) is 11.2. The third-order valence-corrected chi connectivity index (χ3v) is 11.2. The minimum absolute atomic E-state index is 0.132. The predicted molar refractivity (Wildman–Crippen MR) is 122 cm³/mol. The number of halogens is 1. The molecule has 4 saturated carbocycles. The first kappa shape index (κ1) is 24.4. The van der Waals surface area contributed by atoms with Crippen LogP contribution >= 0.6 is 0 Å². The van der Waals surface area contributed by atoms with Gasteiger partial charge in [0.05, 0.1) is 19.3 Å². The fourth-order valence-corrected chi connectivity index (χ4v) is 9.59. The predicted octanol–water partition coefficient (Wildman–Crippen LogP) is 5.15. The lowest BCUT2D eigenvalue weighted by Gasteiger charge is -2.65. The lowest BCUT2D eigenvalue weighted by atomic mass is 9.41. The van der Waals surface area contributed by atoms with Crippen LogP contribution in [-0.2, 0) is 9.53 Å². The number of carbonyl (C=O) groups is 1. The molecule has 2 N–H and O–H groups in total. The first-order chi connectivity index (χ1) is 15.1. The van der Waals surface area contributed by atoms with Crippen LogP contribution in [0.5, 0.6) is 0 Å². The van der Waals surface area contributed by atoms with E-state index < -0.39 is 12.3 Å². The quantitative estimate of drug-likeness (QED) is 0.566. The number of aliphatic hydroxyl groups excluding tert-OH is 2. The summed E-state index contributed by atoms with van der Waals surface area (Å²) in [5.74, 6) is 2.22. The van der Waals surface area contributed by atoms with E-state index in [2.05, 4.69) is 27.7 Å². The van der Waals surface area contributed by atoms with E-state index in [1.54, 1.807) is 0 Å². The smallest absolute Gasteiger partial charge is 0.305 e. The Morgan fingerprint density at radius 2 is 1.81 bits per heavy atom. The van der Waals surface area contributed by atoms with Crippen LogP contribution in [-0.4, -0.2) is 41.7 Å². The van der Waals surface area contributed by atoms with Crippen molar-refractivity contribution in [3.63, 3.8) is 0 Å². The maximum Gasteiger partial charge on any atom is 0.305 e. The van der Waals surface area contributed by atoms with Crippen molar-refractivity contribution in [3.05, 3.63) is 0 Å². The monoisotopic (exact) mass is 452 g/mol. The molecular weight excluding hydrogens is 407 g/mol. The molecule has 0 aromatic carbocycles. The molecule has 4 fully saturated rings. The lowest BCUT2D eigenvalue weighted by molar-refractivity contribution is -0.213. The Kier molecular flexibility index (Phi) is 6.75. The molecule has 0 amide bonds. The minimum Gasteiger partial charge on any atom is -0.469 e. The number of fused-ring (bicyclic) bond motifs is 5. The maximum atomic E-state index is 14.8. The summed E-state index contributed by atoms with van der Waals surface area (Å²) >= 11 is 0. The topological polar surface area (TPSA) is 66.8 Å². The van der Waals surface area contributed by atoms with Crippen LogP contribution in [0.4, 0.5) is 4.39 Å². The SMILES string of the molecule is CC[C@H]1[C@@H](O)[C@@H]2[C@H](CC[C@]3(C)[C@@H]([C@H](C)CCC(=O)OC)CC[C@@H]23)[C@@]2(C)C[C@H](F)[C@@H](O)C[C@@H]12. The Morgan fingerprint density at radius 3 is 2.47 bits per heavy atom. The zero-order valence-corrected chi connectivity index (χ0v) is 20.7. The summed E-state index contributed by atoms with van der Waals surface area (Å²) in [4.78, 5) is 11.7. The van der Waals surface area contributed by atoms with E-state index in [0.29, 0.717) is 42.9 Å². The van der Waals surface area contributed by atoms with Crippen molar-refractivity contribution in [2.45, 2.75) is 104 Å². The molecule has 0 aromatic rings. The van der Waals surface area contributed by atoms with Crippen LogP contribution in [0.2, 0.25) is 0 Å². The molecule has 4 aliphatic rings. The summed E-state index contributed by atoms with van der Waals surface area (Å²) in [6, 6.07) is 0. The summed E-state index contributed by atoms with van der Waals surface area (Å²) in [7, 11) is 1.45. The van der Waals surface area contributed by atoms with Gasteiger partial charge in [-0.05, 0) is 97.2 Å². The Bertz CT molecular complexity index is 699. The zero-order chi connectivity index (χ0) is 23.4. The van der Waals surface area contributed by atoms with E-state index in [4.69, 9.17) is 4.74 Å². The van der Waals surface area contributed by atoms with E-state index in [1.165, 1.54) is 7.11 Å². The third kappa shape index (κ3) is 3.65. The molecule has 4 aliphatic carbocycles. The molecule has 32 heavy (non-hydrogen) atoms. The van der Waals surface area contributed by atoms with Crippen LogP contribution in [0.15, 0.2) is 0 Å². The highest BCUT2D eigenvalue weighted by Gasteiger charge is 2.65. The molecule has 0 aliphatic heterocycles. The molecular formula is C27H45FO4. The van der Waals surface area contributed by atoms with Crippen molar-refractivity contribution in [2.24, 2.45) is 52.3 Å². The van der Waals surface area contributed by atoms with Crippen LogP contribution in [0.25, 0.3) is 0 Å². The Hall–Kier alpha value is -0.680. The van der Waals surface area contributed by atoms with Gasteiger partial charge in [-0.3, -0.25) is 4.79 Å². The Morgan fingerprint density at radius 1 is 1.12 bits per heavy atom. The molecule has 0 spiro atoms. The van der Waals surface area contributed by atoms with Gasteiger partial charge in [-0.25, -0.2) is 4.39 Å². The number of rotatable bonds is 5. The van der Waals surface area contributed by atoms with Crippen LogP contribution in [0.3, 0.4) is 0 Å². The molecule has 5 heteroatoms. The van der Waals surface area contributed by atoms with Gasteiger partial charge in [-0.15, -0.1) is 0 Å². The normalized spacial score (nSPS) is 51.3. The summed E-state index contributed by atoms with van der Waals surface area (Å²) < 4.78 is 19.7. The van der Waals surface area contributed by atoms with Crippen LogP contribution in [0.1, 0.15) is 85.5 Å². The fraction of sp³-hybridized carbons (Fsp3) is 0.963. The Balaban J connectivity index is 1.60. The highest BCUT2D eigenvalue weighted by atomic mass is 19.1. The number of carbonyl (C=O) groups excluding carboxylic acids is 1. The highest BCUT2D eigenvalue weighted by molar-refractivity contribution is 5.69. The summed E-state index contributed by atoms with van der Waals surface area (Å²) in [5.41, 5.74) is 0.0294. The highest BCUT2D eigenvalue weighted by Crippen LogP contribution is 2.69. The second-order valence-electron chi connectivity index (χ2n) is 12.3. The number of aliphatic hydroxyl groups is 2. The minimum atomic E-state index is -1.15. The lowest BCUT2D eigenvalue weighted by Crippen LogP contribution is -2.63. The van der Waals surface area contributed by atoms with Gasteiger partial charge in [-0.2, -0.15) is 0 Å². The average molecular weight is 453 g/mol. The molecule has 0 heterocycles. The number of hydrogen-bond acceptors (Lipinski definition) is 4. The second kappa shape index (κ2) is 8.83. The number of alkyl halides is 1. The summed E-state index contributed by atoms with van der Waals surface area (Å²) in [5, 5.41) is 22.1. The van der Waals surface area contributed by atoms with E-state index in [0.717, 1.165) is 38.5 Å². The van der Waals surface area contributed by atoms with Gasteiger partial charge in [-0.1, -0.05) is 34.1 Å². The Labute approximate surface area is 193 Å². The van der Waals surface area contributed by atoms with Crippen molar-refractivity contribution in [3.8, 4) is 0 Å². The molecule has 0 unspecified atom stereocenters. The molecule has 0 saturated heterocycles. The number of hydrogen-bond donors (Lipinski definition) is 2. The molecule has 0 radical (unpaired) electrons. The molecule has 4 rings (SSSR count). The maximum absolute atomic E-state index is 14.8. The van der Waals surface area contributed by atoms with Crippen LogP contribution < -0.4 is 0 Å². The van der Waals surface area contributed by atoms with Crippen molar-refractivity contribution >= 4 is 5.97 Å². The van der Waals surface area contributed by atoms with Gasteiger partial charge in [0.15, 0.2) is 0 Å². The molecule has 0 bridgehead atoms. The van der Waals surface area contributed by atoms with Crippen molar-refractivity contribution in [1.29, 1.82) is 0 Å². The number of esters is 1. The fourth-order valence-electron chi connectivity index (χ4n) is 9.59. The average Bonchev–Trinajstić information content (AvgIpc) is 3.11. The van der Waals surface area contributed by atoms with E-state index in [-0.39, 0.29) is 40.7 Å². The molecule has 12 atom stereocenters. The van der Waals surface area contributed by atoms with Crippen molar-refractivity contribution in [1.82, 2.24) is 0 Å². The van der Waals surface area contributed by atoms with Gasteiger partial charge < -0.3 is 14.9 Å². The number of methoxy groups -OCH3 is 1. The second-order valence-corrected chi connectivity index (χ2v) is 12.3. The van der Waals surface area contributed by atoms with Crippen molar-refractivity contribution < 1.29 is 24.1 Å². The van der Waals surface area contributed by atoms with Gasteiger partial charge >= 0.3 is 5.97 Å².